The van der Waals surface area contributed by atoms with Gasteiger partial charge in [0.25, 0.3) is 0 Å². The van der Waals surface area contributed by atoms with Crippen LogP contribution in [0.1, 0.15) is 45.4 Å². The van der Waals surface area contributed by atoms with E-state index in [2.05, 4.69) is 6.92 Å². The quantitative estimate of drug-likeness (QED) is 0.161. The minimum Gasteiger partial charge on any atom is -0.387 e. The summed E-state index contributed by atoms with van der Waals surface area (Å²) < 4.78 is 33.4. The Balaban J connectivity index is 2.44. The molecule has 1 heterocycles. The molecule has 0 aromatic carbocycles. The Morgan fingerprint density at radius 3 is 2.17 bits per heavy atom. The highest BCUT2D eigenvalue weighted by Gasteiger charge is 2.45. The van der Waals surface area contributed by atoms with Gasteiger partial charge in [0.1, 0.15) is 37.6 Å². The van der Waals surface area contributed by atoms with Crippen molar-refractivity contribution < 1.29 is 47.8 Å². The summed E-state index contributed by atoms with van der Waals surface area (Å²) in [5.41, 5.74) is 0. The monoisotopic (exact) mass is 458 g/mol. The van der Waals surface area contributed by atoms with Crippen molar-refractivity contribution in [2.45, 2.75) is 76.2 Å². The molecule has 0 aromatic heterocycles. The van der Waals surface area contributed by atoms with Crippen molar-refractivity contribution in [1.29, 1.82) is 0 Å². The molecule has 0 saturated carbocycles. The standard InChI is InChI=1S/C19H40NO9P/c1-5-6-7-8-9-10-12-26-19-18(23)17(22)16(21)15(29-19)14-28-30(24,25)27-13-11-20(2,3)4/h15-19,21-23H,5-14H2,1-4H3/p+1/t15-,16+,17+,18-,19-/m1/s1. The zero-order valence-electron chi connectivity index (χ0n) is 18.7. The topological polar surface area (TPSA) is 135 Å². The van der Waals surface area contributed by atoms with E-state index in [0.717, 1.165) is 19.3 Å². The molecule has 11 heteroatoms. The molecule has 0 aliphatic carbocycles. The van der Waals surface area contributed by atoms with E-state index in [1.54, 1.807) is 0 Å². The number of aliphatic hydroxyl groups is 3. The third-order valence-corrected chi connectivity index (χ3v) is 5.85. The van der Waals surface area contributed by atoms with Crippen molar-refractivity contribution in [3.8, 4) is 0 Å². The highest BCUT2D eigenvalue weighted by atomic mass is 31.2. The van der Waals surface area contributed by atoms with Crippen LogP contribution in [0, 0.1) is 0 Å². The summed E-state index contributed by atoms with van der Waals surface area (Å²) in [4.78, 5) is 9.80. The van der Waals surface area contributed by atoms with Crippen molar-refractivity contribution in [3.05, 3.63) is 0 Å². The van der Waals surface area contributed by atoms with E-state index in [-0.39, 0.29) is 6.61 Å². The van der Waals surface area contributed by atoms with Gasteiger partial charge in [-0.15, -0.1) is 0 Å². The van der Waals surface area contributed by atoms with Crippen LogP contribution in [-0.4, -0.2) is 103 Å². The first-order chi connectivity index (χ1) is 14.0. The van der Waals surface area contributed by atoms with Crippen molar-refractivity contribution >= 4 is 7.82 Å². The zero-order chi connectivity index (χ0) is 22.8. The lowest BCUT2D eigenvalue weighted by Gasteiger charge is -2.40. The van der Waals surface area contributed by atoms with Crippen molar-refractivity contribution in [2.24, 2.45) is 0 Å². The second-order valence-electron chi connectivity index (χ2n) is 8.76. The summed E-state index contributed by atoms with van der Waals surface area (Å²) in [7, 11) is 1.39. The summed E-state index contributed by atoms with van der Waals surface area (Å²) >= 11 is 0. The first kappa shape index (κ1) is 27.9. The number of nitrogens with zero attached hydrogens (tertiary/aromatic N) is 1. The summed E-state index contributed by atoms with van der Waals surface area (Å²) in [6.07, 6.45) is -0.373. The van der Waals surface area contributed by atoms with Gasteiger partial charge in [0.15, 0.2) is 6.29 Å². The normalized spacial score (nSPS) is 29.7. The van der Waals surface area contributed by atoms with Gasteiger partial charge in [0.2, 0.25) is 0 Å². The molecule has 0 spiro atoms. The predicted octanol–water partition coefficient (Wildman–Crippen LogP) is 1.01. The number of aliphatic hydroxyl groups excluding tert-OH is 3. The molecule has 1 rings (SSSR count). The fraction of sp³-hybridized carbons (Fsp3) is 1.00. The lowest BCUT2D eigenvalue weighted by molar-refractivity contribution is -0.870. The third-order valence-electron chi connectivity index (χ3n) is 4.87. The Morgan fingerprint density at radius 1 is 0.900 bits per heavy atom. The Hall–Kier alpha value is -0.130. The predicted molar refractivity (Wildman–Crippen MR) is 111 cm³/mol. The Labute approximate surface area is 179 Å². The first-order valence-corrected chi connectivity index (χ1v) is 12.2. The molecule has 4 N–H and O–H groups in total. The van der Waals surface area contributed by atoms with Gasteiger partial charge in [-0.3, -0.25) is 9.05 Å². The average molecular weight is 459 g/mol. The molecule has 0 bridgehead atoms. The smallest absolute Gasteiger partial charge is 0.387 e. The number of ether oxygens (including phenoxy) is 2. The van der Waals surface area contributed by atoms with Gasteiger partial charge in [-0.2, -0.15) is 0 Å². The van der Waals surface area contributed by atoms with E-state index < -0.39 is 45.1 Å². The van der Waals surface area contributed by atoms with Gasteiger partial charge >= 0.3 is 7.82 Å². The lowest BCUT2D eigenvalue weighted by Crippen LogP contribution is -2.59. The molecule has 1 saturated heterocycles. The summed E-state index contributed by atoms with van der Waals surface area (Å²) in [5.74, 6) is 0. The third kappa shape index (κ3) is 10.9. The van der Waals surface area contributed by atoms with Gasteiger partial charge in [-0.1, -0.05) is 39.0 Å². The van der Waals surface area contributed by atoms with Gasteiger partial charge in [0.05, 0.1) is 27.7 Å². The number of phosphoric acid groups is 1. The number of hydrogen-bond donors (Lipinski definition) is 4. The molecule has 30 heavy (non-hydrogen) atoms. The summed E-state index contributed by atoms with van der Waals surface area (Å²) in [5, 5.41) is 30.3. The molecule has 0 radical (unpaired) electrons. The van der Waals surface area contributed by atoms with Gasteiger partial charge in [-0.25, -0.2) is 4.57 Å². The minimum atomic E-state index is -4.35. The average Bonchev–Trinajstić information content (AvgIpc) is 2.65. The molecule has 1 unspecified atom stereocenters. The number of hydrogen-bond acceptors (Lipinski definition) is 8. The number of phosphoric ester groups is 1. The van der Waals surface area contributed by atoms with Crippen molar-refractivity contribution in [1.82, 2.24) is 0 Å². The van der Waals surface area contributed by atoms with Crippen LogP contribution in [0.4, 0.5) is 0 Å². The van der Waals surface area contributed by atoms with Crippen LogP contribution in [0.15, 0.2) is 0 Å². The maximum atomic E-state index is 12.0. The number of unbranched alkanes of at least 4 members (excludes halogenated alkanes) is 5. The van der Waals surface area contributed by atoms with Gasteiger partial charge in [-0.05, 0) is 6.42 Å². The second kappa shape index (κ2) is 13.4. The largest absolute Gasteiger partial charge is 0.472 e. The lowest BCUT2D eigenvalue weighted by atomic mass is 9.99. The van der Waals surface area contributed by atoms with E-state index >= 15 is 0 Å². The molecular formula is C19H41NO9P+. The van der Waals surface area contributed by atoms with Crippen LogP contribution in [0.3, 0.4) is 0 Å². The van der Waals surface area contributed by atoms with Crippen molar-refractivity contribution in [2.75, 3.05) is 47.5 Å². The van der Waals surface area contributed by atoms with E-state index in [1.807, 2.05) is 21.1 Å². The fourth-order valence-electron chi connectivity index (χ4n) is 2.91. The highest BCUT2D eigenvalue weighted by molar-refractivity contribution is 7.47. The minimum absolute atomic E-state index is 0.0106. The Kier molecular flexibility index (Phi) is 12.5. The molecule has 1 aliphatic rings. The molecule has 1 fully saturated rings. The summed E-state index contributed by atoms with van der Waals surface area (Å²) in [6.45, 7) is 2.49. The molecule has 180 valence electrons. The fourth-order valence-corrected chi connectivity index (χ4v) is 3.63. The van der Waals surface area contributed by atoms with Crippen LogP contribution in [0.5, 0.6) is 0 Å². The maximum absolute atomic E-state index is 12.0. The SMILES string of the molecule is CCCCCCCCO[C@@H]1O[C@H](COP(=O)(O)OCC[N+](C)(C)C)[C@H](O)[C@H](O)[C@H]1O. The number of likely N-dealkylation sites (N-methyl/N-ethyl adjacent to an activating group) is 1. The van der Waals surface area contributed by atoms with Crippen LogP contribution in [0.2, 0.25) is 0 Å². The van der Waals surface area contributed by atoms with Crippen LogP contribution < -0.4 is 0 Å². The molecule has 10 nitrogen and oxygen atoms in total. The highest BCUT2D eigenvalue weighted by Crippen LogP contribution is 2.43. The van der Waals surface area contributed by atoms with Crippen LogP contribution in [0.25, 0.3) is 0 Å². The molecule has 0 amide bonds. The van der Waals surface area contributed by atoms with Gasteiger partial charge < -0.3 is 34.2 Å². The Bertz CT molecular complexity index is 517. The zero-order valence-corrected chi connectivity index (χ0v) is 19.6. The molecule has 1 aliphatic heterocycles. The first-order valence-electron chi connectivity index (χ1n) is 10.7. The van der Waals surface area contributed by atoms with E-state index in [9.17, 15) is 24.8 Å². The van der Waals surface area contributed by atoms with Crippen LogP contribution in [-0.2, 0) is 23.1 Å². The van der Waals surface area contributed by atoms with E-state index in [0.29, 0.717) is 17.6 Å². The maximum Gasteiger partial charge on any atom is 0.472 e. The van der Waals surface area contributed by atoms with E-state index in [1.165, 1.54) is 19.3 Å². The van der Waals surface area contributed by atoms with Crippen LogP contribution >= 0.6 is 7.82 Å². The molecule has 6 atom stereocenters. The second-order valence-corrected chi connectivity index (χ2v) is 10.2. The van der Waals surface area contributed by atoms with Gasteiger partial charge in [0, 0.05) is 6.61 Å². The molecular weight excluding hydrogens is 417 g/mol. The number of rotatable bonds is 15. The van der Waals surface area contributed by atoms with Crippen molar-refractivity contribution in [3.63, 3.8) is 0 Å². The Morgan fingerprint density at radius 2 is 1.53 bits per heavy atom. The van der Waals surface area contributed by atoms with E-state index in [4.69, 9.17) is 18.5 Å². The molecule has 0 aromatic rings. The summed E-state index contributed by atoms with van der Waals surface area (Å²) in [6, 6.07) is 0. The number of quaternary nitrogens is 1.